The maximum atomic E-state index is 12.9. The van der Waals surface area contributed by atoms with Gasteiger partial charge in [-0.15, -0.1) is 0 Å². The van der Waals surface area contributed by atoms with Gasteiger partial charge in [0, 0.05) is 11.8 Å². The van der Waals surface area contributed by atoms with Crippen molar-refractivity contribution in [3.05, 3.63) is 27.5 Å². The van der Waals surface area contributed by atoms with Gasteiger partial charge in [-0.1, -0.05) is 0 Å². The number of aromatic nitrogens is 1. The van der Waals surface area contributed by atoms with Gasteiger partial charge in [0.1, 0.15) is 10.7 Å². The molecule has 0 aliphatic heterocycles. The van der Waals surface area contributed by atoms with Gasteiger partial charge in [0.2, 0.25) is 0 Å². The second kappa shape index (κ2) is 6.40. The third-order valence-corrected chi connectivity index (χ3v) is 2.73. The molecule has 18 heavy (non-hydrogen) atoms. The molecule has 0 aliphatic rings. The normalized spacial score (nSPS) is 10.2. The number of esters is 1. The van der Waals surface area contributed by atoms with Crippen LogP contribution in [0.2, 0.25) is 0 Å². The van der Waals surface area contributed by atoms with Gasteiger partial charge in [-0.25, -0.2) is 13.8 Å². The maximum absolute atomic E-state index is 12.9. The number of halogens is 3. The third kappa shape index (κ3) is 3.23. The van der Waals surface area contributed by atoms with Gasteiger partial charge < -0.3 is 4.74 Å². The summed E-state index contributed by atoms with van der Waals surface area (Å²) in [7, 11) is 0. The van der Waals surface area contributed by atoms with Gasteiger partial charge in [-0.3, -0.25) is 4.79 Å². The SMILES string of the molecule is CCOC(=O)Cc1cnc(Br)c(C#N)c1C(F)F. The molecule has 1 aromatic rings. The Morgan fingerprint density at radius 2 is 2.33 bits per heavy atom. The first-order valence-electron chi connectivity index (χ1n) is 5.02. The molecule has 0 saturated carbocycles. The summed E-state index contributed by atoms with van der Waals surface area (Å²) in [5, 5.41) is 8.84. The lowest BCUT2D eigenvalue weighted by atomic mass is 10.0. The van der Waals surface area contributed by atoms with Crippen LogP contribution < -0.4 is 0 Å². The van der Waals surface area contributed by atoms with E-state index >= 15 is 0 Å². The predicted molar refractivity (Wildman–Crippen MR) is 61.9 cm³/mol. The summed E-state index contributed by atoms with van der Waals surface area (Å²) in [6.07, 6.45) is -2.05. The Balaban J connectivity index is 3.20. The second-order valence-corrected chi connectivity index (χ2v) is 4.01. The van der Waals surface area contributed by atoms with Crippen molar-refractivity contribution in [3.63, 3.8) is 0 Å². The fraction of sp³-hybridized carbons (Fsp3) is 0.364. The van der Waals surface area contributed by atoms with E-state index in [0.717, 1.165) is 6.20 Å². The van der Waals surface area contributed by atoms with Crippen molar-refractivity contribution in [2.75, 3.05) is 6.61 Å². The van der Waals surface area contributed by atoms with E-state index in [9.17, 15) is 13.6 Å². The van der Waals surface area contributed by atoms with Crippen molar-refractivity contribution in [1.82, 2.24) is 4.98 Å². The van der Waals surface area contributed by atoms with Gasteiger partial charge in [0.05, 0.1) is 18.6 Å². The molecule has 0 N–H and O–H groups in total. The molecule has 0 saturated heterocycles. The molecular weight excluding hydrogens is 310 g/mol. The van der Waals surface area contributed by atoms with E-state index in [1.54, 1.807) is 13.0 Å². The zero-order valence-electron chi connectivity index (χ0n) is 9.41. The largest absolute Gasteiger partial charge is 0.466 e. The Bertz CT molecular complexity index is 501. The molecule has 0 fully saturated rings. The number of ether oxygens (including phenoxy) is 1. The van der Waals surface area contributed by atoms with Crippen LogP contribution >= 0.6 is 15.9 Å². The van der Waals surface area contributed by atoms with Crippen molar-refractivity contribution < 1.29 is 18.3 Å². The fourth-order valence-corrected chi connectivity index (χ4v) is 1.81. The molecular formula is C11H9BrF2N2O2. The zero-order chi connectivity index (χ0) is 13.7. The van der Waals surface area contributed by atoms with E-state index in [4.69, 9.17) is 5.26 Å². The zero-order valence-corrected chi connectivity index (χ0v) is 11.0. The first-order valence-corrected chi connectivity index (χ1v) is 5.81. The monoisotopic (exact) mass is 318 g/mol. The highest BCUT2D eigenvalue weighted by molar-refractivity contribution is 9.10. The fourth-order valence-electron chi connectivity index (χ4n) is 1.40. The highest BCUT2D eigenvalue weighted by Gasteiger charge is 2.22. The lowest BCUT2D eigenvalue weighted by Crippen LogP contribution is -2.11. The van der Waals surface area contributed by atoms with Crippen LogP contribution in [0.5, 0.6) is 0 Å². The Morgan fingerprint density at radius 1 is 1.67 bits per heavy atom. The van der Waals surface area contributed by atoms with Gasteiger partial charge >= 0.3 is 5.97 Å². The minimum absolute atomic E-state index is 0.00296. The van der Waals surface area contributed by atoms with E-state index in [1.807, 2.05) is 0 Å². The minimum atomic E-state index is -2.86. The second-order valence-electron chi connectivity index (χ2n) is 3.26. The first kappa shape index (κ1) is 14.5. The van der Waals surface area contributed by atoms with E-state index in [0.29, 0.717) is 0 Å². The van der Waals surface area contributed by atoms with E-state index in [1.165, 1.54) is 0 Å². The molecule has 7 heteroatoms. The standard InChI is InChI=1S/C11H9BrF2N2O2/c1-2-18-8(17)3-6-5-16-10(12)7(4-15)9(6)11(13)14/h5,11H,2-3H2,1H3. The number of hydrogen-bond donors (Lipinski definition) is 0. The molecule has 96 valence electrons. The number of hydrogen-bond acceptors (Lipinski definition) is 4. The average Bonchev–Trinajstić information content (AvgIpc) is 2.30. The molecule has 0 amide bonds. The summed E-state index contributed by atoms with van der Waals surface area (Å²) in [5.74, 6) is -0.632. The maximum Gasteiger partial charge on any atom is 0.310 e. The number of carbonyl (C=O) groups excluding carboxylic acids is 1. The summed E-state index contributed by atoms with van der Waals surface area (Å²) in [6.45, 7) is 1.78. The molecule has 0 aliphatic carbocycles. The van der Waals surface area contributed by atoms with Crippen LogP contribution in [0.1, 0.15) is 30.0 Å². The number of carbonyl (C=O) groups is 1. The molecule has 0 atom stereocenters. The van der Waals surface area contributed by atoms with Gasteiger partial charge in [0.15, 0.2) is 0 Å². The van der Waals surface area contributed by atoms with Gasteiger partial charge in [-0.05, 0) is 28.4 Å². The molecule has 1 heterocycles. The Morgan fingerprint density at radius 3 is 2.83 bits per heavy atom. The first-order chi connectivity index (χ1) is 8.51. The van der Waals surface area contributed by atoms with Crippen molar-refractivity contribution in [3.8, 4) is 6.07 Å². The Kier molecular flexibility index (Phi) is 5.16. The topological polar surface area (TPSA) is 63.0 Å². The number of nitriles is 1. The van der Waals surface area contributed by atoms with Crippen molar-refractivity contribution >= 4 is 21.9 Å². The Labute approximate surface area is 111 Å². The van der Waals surface area contributed by atoms with E-state index in [-0.39, 0.29) is 28.8 Å². The molecule has 0 bridgehead atoms. The van der Waals surface area contributed by atoms with Crippen molar-refractivity contribution in [2.45, 2.75) is 19.8 Å². The molecule has 0 spiro atoms. The van der Waals surface area contributed by atoms with Crippen molar-refractivity contribution in [1.29, 1.82) is 5.26 Å². The van der Waals surface area contributed by atoms with Crippen LogP contribution in [0.15, 0.2) is 10.8 Å². The molecule has 0 radical (unpaired) electrons. The summed E-state index contributed by atoms with van der Waals surface area (Å²) >= 11 is 2.92. The highest BCUT2D eigenvalue weighted by Crippen LogP contribution is 2.30. The van der Waals surface area contributed by atoms with Crippen LogP contribution in [0.4, 0.5) is 8.78 Å². The lowest BCUT2D eigenvalue weighted by molar-refractivity contribution is -0.142. The summed E-state index contributed by atoms with van der Waals surface area (Å²) in [6, 6.07) is 1.65. The third-order valence-electron chi connectivity index (χ3n) is 2.13. The van der Waals surface area contributed by atoms with Crippen LogP contribution in [0, 0.1) is 11.3 Å². The van der Waals surface area contributed by atoms with E-state index < -0.39 is 18.0 Å². The molecule has 1 aromatic heterocycles. The van der Waals surface area contributed by atoms with Crippen LogP contribution in [-0.2, 0) is 16.0 Å². The minimum Gasteiger partial charge on any atom is -0.466 e. The Hall–Kier alpha value is -1.55. The molecule has 0 aromatic carbocycles. The molecule has 4 nitrogen and oxygen atoms in total. The molecule has 0 unspecified atom stereocenters. The predicted octanol–water partition coefficient (Wildman–Crippen LogP) is 2.76. The lowest BCUT2D eigenvalue weighted by Gasteiger charge is -2.10. The highest BCUT2D eigenvalue weighted by atomic mass is 79.9. The number of nitrogens with zero attached hydrogens (tertiary/aromatic N) is 2. The number of rotatable bonds is 4. The number of alkyl halides is 2. The van der Waals surface area contributed by atoms with Crippen molar-refractivity contribution in [2.24, 2.45) is 0 Å². The molecule has 1 rings (SSSR count). The summed E-state index contributed by atoms with van der Waals surface area (Å²) < 4.78 is 30.6. The summed E-state index contributed by atoms with van der Waals surface area (Å²) in [4.78, 5) is 15.0. The van der Waals surface area contributed by atoms with Gasteiger partial charge in [0.25, 0.3) is 6.43 Å². The van der Waals surface area contributed by atoms with E-state index in [2.05, 4.69) is 25.7 Å². The number of pyridine rings is 1. The summed E-state index contributed by atoms with van der Waals surface area (Å²) in [5.41, 5.74) is -0.734. The quantitative estimate of drug-likeness (QED) is 0.632. The smallest absolute Gasteiger partial charge is 0.310 e. The average molecular weight is 319 g/mol. The van der Waals surface area contributed by atoms with Crippen LogP contribution in [0.25, 0.3) is 0 Å². The van der Waals surface area contributed by atoms with Crippen LogP contribution in [-0.4, -0.2) is 17.6 Å². The van der Waals surface area contributed by atoms with Gasteiger partial charge in [-0.2, -0.15) is 5.26 Å². The van der Waals surface area contributed by atoms with Crippen LogP contribution in [0.3, 0.4) is 0 Å².